The molecule has 2 fully saturated rings. The van der Waals surface area contributed by atoms with Crippen molar-refractivity contribution in [2.75, 3.05) is 19.7 Å². The van der Waals surface area contributed by atoms with Gasteiger partial charge in [0.25, 0.3) is 5.91 Å². The molecule has 1 aromatic rings. The fourth-order valence-corrected chi connectivity index (χ4v) is 3.45. The van der Waals surface area contributed by atoms with Crippen LogP contribution in [0.25, 0.3) is 0 Å². The molecule has 0 bridgehead atoms. The fourth-order valence-electron chi connectivity index (χ4n) is 3.45. The molecule has 0 aliphatic carbocycles. The minimum Gasteiger partial charge on any atom is -0.289 e. The van der Waals surface area contributed by atoms with E-state index in [4.69, 9.17) is 4.84 Å². The van der Waals surface area contributed by atoms with Gasteiger partial charge in [0.15, 0.2) is 0 Å². The van der Waals surface area contributed by atoms with Gasteiger partial charge in [-0.2, -0.15) is 0 Å². The van der Waals surface area contributed by atoms with E-state index < -0.39 is 5.67 Å². The summed E-state index contributed by atoms with van der Waals surface area (Å²) in [6.07, 6.45) is 2.02. The number of nitrogens with zero attached hydrogens (tertiary/aromatic N) is 2. The van der Waals surface area contributed by atoms with Crippen molar-refractivity contribution in [3.05, 3.63) is 35.4 Å². The van der Waals surface area contributed by atoms with E-state index in [-0.39, 0.29) is 11.9 Å². The molecule has 2 atom stereocenters. The van der Waals surface area contributed by atoms with Crippen LogP contribution in [-0.4, -0.2) is 47.3 Å². The Labute approximate surface area is 137 Å². The monoisotopic (exact) mass is 320 g/mol. The van der Waals surface area contributed by atoms with Gasteiger partial charge in [-0.15, -0.1) is 0 Å². The number of hydrogen-bond acceptors (Lipinski definition) is 3. The molecule has 2 unspecified atom stereocenters. The topological polar surface area (TPSA) is 32.8 Å². The molecule has 0 aromatic heterocycles. The van der Waals surface area contributed by atoms with Crippen LogP contribution in [0, 0.1) is 6.92 Å². The molecule has 126 valence electrons. The van der Waals surface area contributed by atoms with Gasteiger partial charge in [-0.3, -0.25) is 14.5 Å². The van der Waals surface area contributed by atoms with Crippen LogP contribution in [0.3, 0.4) is 0 Å². The Morgan fingerprint density at radius 1 is 1.35 bits per heavy atom. The van der Waals surface area contributed by atoms with E-state index >= 15 is 0 Å². The highest BCUT2D eigenvalue weighted by Crippen LogP contribution is 2.28. The van der Waals surface area contributed by atoms with Crippen LogP contribution in [0.1, 0.15) is 37.3 Å². The Bertz CT molecular complexity index is 559. The normalized spacial score (nSPS) is 29.8. The van der Waals surface area contributed by atoms with Crippen molar-refractivity contribution in [2.45, 2.75) is 51.4 Å². The number of rotatable bonds is 3. The number of hydrogen-bond donors (Lipinski definition) is 0. The highest BCUT2D eigenvalue weighted by Gasteiger charge is 2.40. The van der Waals surface area contributed by atoms with Crippen molar-refractivity contribution in [3.8, 4) is 0 Å². The van der Waals surface area contributed by atoms with E-state index in [1.165, 1.54) is 10.6 Å². The van der Waals surface area contributed by atoms with Crippen LogP contribution in [0.4, 0.5) is 4.39 Å². The van der Waals surface area contributed by atoms with Gasteiger partial charge in [-0.05, 0) is 45.2 Å². The SMILES string of the molecule is Cc1ccc(CN2OCCC(N3CCCC(C)(F)C3)C2=O)cc1. The first-order chi connectivity index (χ1) is 10.9. The minimum atomic E-state index is -1.20. The predicted molar refractivity (Wildman–Crippen MR) is 86.4 cm³/mol. The largest absolute Gasteiger partial charge is 0.289 e. The van der Waals surface area contributed by atoms with Crippen LogP contribution >= 0.6 is 0 Å². The second-order valence-corrected chi connectivity index (χ2v) is 6.99. The molecule has 3 rings (SSSR count). The van der Waals surface area contributed by atoms with Crippen molar-refractivity contribution < 1.29 is 14.0 Å². The van der Waals surface area contributed by atoms with Crippen molar-refractivity contribution in [2.24, 2.45) is 0 Å². The van der Waals surface area contributed by atoms with Crippen LogP contribution in [0.2, 0.25) is 0 Å². The molecule has 1 amide bonds. The number of likely N-dealkylation sites (tertiary alicyclic amines) is 1. The number of piperidine rings is 1. The number of alkyl halides is 1. The molecule has 0 N–H and O–H groups in total. The maximum absolute atomic E-state index is 14.3. The van der Waals surface area contributed by atoms with E-state index in [0.29, 0.717) is 32.5 Å². The van der Waals surface area contributed by atoms with Crippen LogP contribution in [0.15, 0.2) is 24.3 Å². The second kappa shape index (κ2) is 6.57. The van der Waals surface area contributed by atoms with Gasteiger partial charge < -0.3 is 0 Å². The molecule has 2 aliphatic heterocycles. The van der Waals surface area contributed by atoms with Gasteiger partial charge in [0.2, 0.25) is 0 Å². The molecule has 4 nitrogen and oxygen atoms in total. The molecule has 0 spiro atoms. The van der Waals surface area contributed by atoms with Gasteiger partial charge in [0, 0.05) is 6.54 Å². The zero-order valence-corrected chi connectivity index (χ0v) is 13.9. The summed E-state index contributed by atoms with van der Waals surface area (Å²) < 4.78 is 14.3. The lowest BCUT2D eigenvalue weighted by Gasteiger charge is -2.42. The number of amides is 1. The second-order valence-electron chi connectivity index (χ2n) is 6.99. The average Bonchev–Trinajstić information content (AvgIpc) is 2.50. The molecular formula is C18H25FN2O2. The Morgan fingerprint density at radius 2 is 2.09 bits per heavy atom. The van der Waals surface area contributed by atoms with Crippen LogP contribution < -0.4 is 0 Å². The first-order valence-corrected chi connectivity index (χ1v) is 8.37. The fraction of sp³-hybridized carbons (Fsp3) is 0.611. The predicted octanol–water partition coefficient (Wildman–Crippen LogP) is 2.85. The van der Waals surface area contributed by atoms with Crippen molar-refractivity contribution in [3.63, 3.8) is 0 Å². The van der Waals surface area contributed by atoms with Crippen LogP contribution in [0.5, 0.6) is 0 Å². The Hall–Kier alpha value is -1.46. The summed E-state index contributed by atoms with van der Waals surface area (Å²) in [5.41, 5.74) is 1.03. The van der Waals surface area contributed by atoms with Crippen molar-refractivity contribution >= 4 is 5.91 Å². The lowest BCUT2D eigenvalue weighted by atomic mass is 9.94. The zero-order chi connectivity index (χ0) is 16.4. The Morgan fingerprint density at radius 3 is 2.78 bits per heavy atom. The average molecular weight is 320 g/mol. The van der Waals surface area contributed by atoms with Gasteiger partial charge in [0.05, 0.1) is 19.2 Å². The number of benzene rings is 1. The molecular weight excluding hydrogens is 295 g/mol. The third-order valence-corrected chi connectivity index (χ3v) is 4.73. The number of aryl methyl sites for hydroxylation is 1. The summed E-state index contributed by atoms with van der Waals surface area (Å²) in [7, 11) is 0. The van der Waals surface area contributed by atoms with E-state index in [9.17, 15) is 9.18 Å². The first kappa shape index (κ1) is 16.4. The molecule has 0 saturated carbocycles. The summed E-state index contributed by atoms with van der Waals surface area (Å²) in [6, 6.07) is 7.81. The molecule has 5 heteroatoms. The molecule has 2 heterocycles. The maximum Gasteiger partial charge on any atom is 0.263 e. The summed E-state index contributed by atoms with van der Waals surface area (Å²) in [6.45, 7) is 5.73. The molecule has 2 saturated heterocycles. The summed E-state index contributed by atoms with van der Waals surface area (Å²) in [4.78, 5) is 20.3. The summed E-state index contributed by atoms with van der Waals surface area (Å²) >= 11 is 0. The highest BCUT2D eigenvalue weighted by atomic mass is 19.1. The minimum absolute atomic E-state index is 0.0467. The van der Waals surface area contributed by atoms with Gasteiger partial charge in [-0.25, -0.2) is 9.45 Å². The Kier molecular flexibility index (Phi) is 4.69. The van der Waals surface area contributed by atoms with Crippen molar-refractivity contribution in [1.29, 1.82) is 0 Å². The quantitative estimate of drug-likeness (QED) is 0.858. The lowest BCUT2D eigenvalue weighted by molar-refractivity contribution is -0.213. The molecule has 23 heavy (non-hydrogen) atoms. The van der Waals surface area contributed by atoms with Gasteiger partial charge in [0.1, 0.15) is 5.67 Å². The maximum atomic E-state index is 14.3. The van der Waals surface area contributed by atoms with E-state index in [1.54, 1.807) is 6.92 Å². The molecule has 0 radical (unpaired) electrons. The van der Waals surface area contributed by atoms with Gasteiger partial charge in [-0.1, -0.05) is 29.8 Å². The number of carbonyl (C=O) groups is 1. The van der Waals surface area contributed by atoms with E-state index in [1.807, 2.05) is 36.1 Å². The smallest absolute Gasteiger partial charge is 0.263 e. The highest BCUT2D eigenvalue weighted by molar-refractivity contribution is 5.81. The first-order valence-electron chi connectivity index (χ1n) is 8.37. The number of carbonyl (C=O) groups excluding carboxylic acids is 1. The van der Waals surface area contributed by atoms with E-state index in [2.05, 4.69) is 0 Å². The van der Waals surface area contributed by atoms with E-state index in [0.717, 1.165) is 18.5 Å². The summed E-state index contributed by atoms with van der Waals surface area (Å²) in [5, 5.41) is 1.45. The van der Waals surface area contributed by atoms with Crippen molar-refractivity contribution in [1.82, 2.24) is 9.96 Å². The Balaban J connectivity index is 1.67. The third kappa shape index (κ3) is 3.90. The molecule has 1 aromatic carbocycles. The number of halogens is 1. The standard InChI is InChI=1S/C18H25FN2O2/c1-14-4-6-15(7-5-14)12-21-17(22)16(8-11-23-21)20-10-3-9-18(2,19)13-20/h4-7,16H,3,8-13H2,1-2H3. The zero-order valence-electron chi connectivity index (χ0n) is 13.9. The van der Waals surface area contributed by atoms with Crippen LogP contribution in [-0.2, 0) is 16.2 Å². The third-order valence-electron chi connectivity index (χ3n) is 4.73. The molecule has 2 aliphatic rings. The van der Waals surface area contributed by atoms with Gasteiger partial charge >= 0.3 is 0 Å². The lowest BCUT2D eigenvalue weighted by Crippen LogP contribution is -2.57. The number of hydroxylamine groups is 2. The summed E-state index contributed by atoms with van der Waals surface area (Å²) in [5.74, 6) is -0.0467.